The van der Waals surface area contributed by atoms with E-state index in [1.165, 1.54) is 37.0 Å². The van der Waals surface area contributed by atoms with E-state index in [0.717, 1.165) is 13.1 Å². The van der Waals surface area contributed by atoms with Crippen LogP contribution in [0.25, 0.3) is 0 Å². The van der Waals surface area contributed by atoms with Crippen molar-refractivity contribution in [1.29, 1.82) is 0 Å². The maximum atomic E-state index is 4.04. The highest BCUT2D eigenvalue weighted by atomic mass is 32.1. The highest BCUT2D eigenvalue weighted by Gasteiger charge is 1.93. The summed E-state index contributed by atoms with van der Waals surface area (Å²) in [5, 5.41) is 3.44. The Morgan fingerprint density at radius 2 is 2.14 bits per heavy atom. The molecule has 0 radical (unpaired) electrons. The van der Waals surface area contributed by atoms with Crippen molar-refractivity contribution in [2.45, 2.75) is 45.6 Å². The Labute approximate surface area is 90.8 Å². The van der Waals surface area contributed by atoms with E-state index >= 15 is 0 Å². The minimum atomic E-state index is 0.985. The highest BCUT2D eigenvalue weighted by Crippen LogP contribution is 2.05. The fraction of sp³-hybridized carbons (Fsp3) is 0.727. The second-order valence-corrected chi connectivity index (χ2v) is 4.53. The predicted octanol–water partition coefficient (Wildman–Crippen LogP) is 3.20. The standard InChI is InChI=1S/C11H20N2S/c1-2-3-4-5-6-7-12-8-11-9-13-10-14-11/h9-10,12H,2-8H2,1H3. The van der Waals surface area contributed by atoms with Crippen molar-refractivity contribution < 1.29 is 0 Å². The average molecular weight is 212 g/mol. The molecule has 1 aromatic heterocycles. The number of thiazole rings is 1. The zero-order valence-electron chi connectivity index (χ0n) is 8.96. The molecule has 0 aliphatic rings. The SMILES string of the molecule is CCCCCCCNCc1cncs1. The van der Waals surface area contributed by atoms with Gasteiger partial charge in [-0.2, -0.15) is 0 Å². The van der Waals surface area contributed by atoms with Crippen molar-refractivity contribution in [2.24, 2.45) is 0 Å². The molecule has 0 fully saturated rings. The van der Waals surface area contributed by atoms with Crippen LogP contribution in [0.1, 0.15) is 43.9 Å². The van der Waals surface area contributed by atoms with Crippen LogP contribution >= 0.6 is 11.3 Å². The summed E-state index contributed by atoms with van der Waals surface area (Å²) in [5.41, 5.74) is 1.89. The van der Waals surface area contributed by atoms with Gasteiger partial charge < -0.3 is 5.32 Å². The van der Waals surface area contributed by atoms with E-state index < -0.39 is 0 Å². The van der Waals surface area contributed by atoms with Gasteiger partial charge in [0.1, 0.15) is 0 Å². The number of nitrogens with zero attached hydrogens (tertiary/aromatic N) is 1. The van der Waals surface area contributed by atoms with Crippen LogP contribution in [0.15, 0.2) is 11.7 Å². The van der Waals surface area contributed by atoms with Crippen LogP contribution in [-0.4, -0.2) is 11.5 Å². The van der Waals surface area contributed by atoms with Gasteiger partial charge in [0.15, 0.2) is 0 Å². The van der Waals surface area contributed by atoms with E-state index in [9.17, 15) is 0 Å². The smallest absolute Gasteiger partial charge is 0.0794 e. The third kappa shape index (κ3) is 5.35. The number of aromatic nitrogens is 1. The van der Waals surface area contributed by atoms with Gasteiger partial charge in [-0.1, -0.05) is 32.6 Å². The van der Waals surface area contributed by atoms with E-state index in [1.807, 2.05) is 11.7 Å². The van der Waals surface area contributed by atoms with Gasteiger partial charge in [0, 0.05) is 17.6 Å². The van der Waals surface area contributed by atoms with Gasteiger partial charge >= 0.3 is 0 Å². The van der Waals surface area contributed by atoms with Crippen LogP contribution in [0.3, 0.4) is 0 Å². The molecular formula is C11H20N2S. The molecule has 14 heavy (non-hydrogen) atoms. The molecule has 3 heteroatoms. The molecule has 0 bridgehead atoms. The Morgan fingerprint density at radius 1 is 1.29 bits per heavy atom. The Kier molecular flexibility index (Phi) is 6.62. The molecule has 0 aromatic carbocycles. The number of hydrogen-bond donors (Lipinski definition) is 1. The number of nitrogens with one attached hydrogen (secondary N) is 1. The summed E-state index contributed by atoms with van der Waals surface area (Å²) in [6, 6.07) is 0. The molecule has 0 aliphatic carbocycles. The Balaban J connectivity index is 1.85. The summed E-state index contributed by atoms with van der Waals surface area (Å²) in [7, 11) is 0. The Morgan fingerprint density at radius 3 is 2.86 bits per heavy atom. The maximum Gasteiger partial charge on any atom is 0.0794 e. The first-order chi connectivity index (χ1) is 6.93. The van der Waals surface area contributed by atoms with Crippen LogP contribution in [0.5, 0.6) is 0 Å². The lowest BCUT2D eigenvalue weighted by atomic mass is 10.1. The van der Waals surface area contributed by atoms with Gasteiger partial charge in [-0.15, -0.1) is 11.3 Å². The molecule has 0 atom stereocenters. The monoisotopic (exact) mass is 212 g/mol. The van der Waals surface area contributed by atoms with Gasteiger partial charge in [0.05, 0.1) is 5.51 Å². The molecule has 0 unspecified atom stereocenters. The molecule has 1 rings (SSSR count). The Bertz CT molecular complexity index is 209. The molecule has 2 nitrogen and oxygen atoms in total. The molecule has 0 aliphatic heterocycles. The second kappa shape index (κ2) is 7.94. The fourth-order valence-electron chi connectivity index (χ4n) is 1.39. The lowest BCUT2D eigenvalue weighted by Gasteiger charge is -2.02. The zero-order valence-corrected chi connectivity index (χ0v) is 9.78. The third-order valence-electron chi connectivity index (χ3n) is 2.24. The van der Waals surface area contributed by atoms with Gasteiger partial charge in [0.25, 0.3) is 0 Å². The van der Waals surface area contributed by atoms with Crippen molar-refractivity contribution in [1.82, 2.24) is 10.3 Å². The largest absolute Gasteiger partial charge is 0.312 e. The number of hydrogen-bond acceptors (Lipinski definition) is 3. The molecule has 0 saturated carbocycles. The van der Waals surface area contributed by atoms with Crippen LogP contribution in [0.2, 0.25) is 0 Å². The summed E-state index contributed by atoms with van der Waals surface area (Å²) in [6.45, 7) is 4.38. The summed E-state index contributed by atoms with van der Waals surface area (Å²) >= 11 is 1.72. The molecule has 0 amide bonds. The first kappa shape index (κ1) is 11.7. The summed E-state index contributed by atoms with van der Waals surface area (Å²) in [4.78, 5) is 5.37. The summed E-state index contributed by atoms with van der Waals surface area (Å²) < 4.78 is 0. The molecule has 1 aromatic rings. The minimum Gasteiger partial charge on any atom is -0.312 e. The minimum absolute atomic E-state index is 0.985. The fourth-order valence-corrected chi connectivity index (χ4v) is 1.96. The van der Waals surface area contributed by atoms with Crippen molar-refractivity contribution in [3.8, 4) is 0 Å². The van der Waals surface area contributed by atoms with Crippen molar-refractivity contribution in [3.63, 3.8) is 0 Å². The maximum absolute atomic E-state index is 4.04. The zero-order chi connectivity index (χ0) is 10.1. The molecule has 1 heterocycles. The lowest BCUT2D eigenvalue weighted by Crippen LogP contribution is -2.13. The first-order valence-electron chi connectivity index (χ1n) is 5.51. The summed E-state index contributed by atoms with van der Waals surface area (Å²) in [6.07, 6.45) is 8.71. The van der Waals surface area contributed by atoms with Crippen molar-refractivity contribution >= 4 is 11.3 Å². The van der Waals surface area contributed by atoms with Crippen molar-refractivity contribution in [2.75, 3.05) is 6.54 Å². The predicted molar refractivity (Wildman–Crippen MR) is 62.6 cm³/mol. The second-order valence-electron chi connectivity index (χ2n) is 3.56. The van der Waals surface area contributed by atoms with Gasteiger partial charge in [0.2, 0.25) is 0 Å². The summed E-state index contributed by atoms with van der Waals surface area (Å²) in [5.74, 6) is 0. The molecule has 0 spiro atoms. The van der Waals surface area contributed by atoms with E-state index in [-0.39, 0.29) is 0 Å². The number of unbranched alkanes of at least 4 members (excludes halogenated alkanes) is 4. The average Bonchev–Trinajstić information content (AvgIpc) is 2.69. The highest BCUT2D eigenvalue weighted by molar-refractivity contribution is 7.09. The van der Waals surface area contributed by atoms with Crippen LogP contribution in [0.4, 0.5) is 0 Å². The van der Waals surface area contributed by atoms with E-state index in [1.54, 1.807) is 11.3 Å². The lowest BCUT2D eigenvalue weighted by molar-refractivity contribution is 0.585. The van der Waals surface area contributed by atoms with Gasteiger partial charge in [-0.3, -0.25) is 4.98 Å². The molecular weight excluding hydrogens is 192 g/mol. The third-order valence-corrected chi connectivity index (χ3v) is 3.02. The van der Waals surface area contributed by atoms with Gasteiger partial charge in [-0.25, -0.2) is 0 Å². The van der Waals surface area contributed by atoms with Crippen LogP contribution in [0, 0.1) is 0 Å². The normalized spacial score (nSPS) is 10.6. The molecule has 80 valence electrons. The molecule has 0 saturated heterocycles. The van der Waals surface area contributed by atoms with E-state index in [0.29, 0.717) is 0 Å². The van der Waals surface area contributed by atoms with E-state index in [2.05, 4.69) is 17.2 Å². The first-order valence-corrected chi connectivity index (χ1v) is 6.39. The quantitative estimate of drug-likeness (QED) is 0.669. The van der Waals surface area contributed by atoms with E-state index in [4.69, 9.17) is 0 Å². The van der Waals surface area contributed by atoms with Crippen LogP contribution < -0.4 is 5.32 Å². The van der Waals surface area contributed by atoms with Crippen LogP contribution in [-0.2, 0) is 6.54 Å². The van der Waals surface area contributed by atoms with Crippen molar-refractivity contribution in [3.05, 3.63) is 16.6 Å². The Hall–Kier alpha value is -0.410. The van der Waals surface area contributed by atoms with Gasteiger partial charge in [-0.05, 0) is 13.0 Å². The topological polar surface area (TPSA) is 24.9 Å². The molecule has 1 N–H and O–H groups in total. The number of rotatable bonds is 8.